The number of hydrogen-bond acceptors (Lipinski definition) is 8. The minimum Gasteiger partial charge on any atom is -0.422 e. The number of hydrogen-bond donors (Lipinski definition) is 2. The molecule has 172 valence electrons. The number of nitrogens with one attached hydrogen (secondary N) is 1. The van der Waals surface area contributed by atoms with Gasteiger partial charge in [0.05, 0.1) is 11.2 Å². The van der Waals surface area contributed by atoms with Gasteiger partial charge in [-0.2, -0.15) is 4.98 Å². The average molecular weight is 469 g/mol. The van der Waals surface area contributed by atoms with Gasteiger partial charge >= 0.3 is 6.36 Å². The number of ether oxygens (including phenoxy) is 1. The molecule has 2 saturated heterocycles. The van der Waals surface area contributed by atoms with E-state index in [-0.39, 0.29) is 34.8 Å². The van der Waals surface area contributed by atoms with E-state index in [1.807, 2.05) is 4.90 Å². The lowest BCUT2D eigenvalue weighted by Gasteiger charge is -2.41. The predicted molar refractivity (Wildman–Crippen MR) is 114 cm³/mol. The first-order valence-corrected chi connectivity index (χ1v) is 11.3. The molecule has 1 aromatic carbocycles. The molecule has 2 atom stereocenters. The van der Waals surface area contributed by atoms with Crippen LogP contribution >= 0.6 is 11.3 Å². The van der Waals surface area contributed by atoms with Gasteiger partial charge in [0, 0.05) is 42.3 Å². The highest BCUT2D eigenvalue weighted by atomic mass is 32.1. The minimum absolute atomic E-state index is 0.0374. The summed E-state index contributed by atoms with van der Waals surface area (Å²) in [4.78, 5) is 10.7. The summed E-state index contributed by atoms with van der Waals surface area (Å²) in [6.45, 7) is 4.12. The molecule has 2 aromatic heterocycles. The standard InChI is InChI=1S/C21H23F3N4O3S/c1-20(2,29)14-8-13(18-25-6-7-32-18)16-15(17(14)31-21(22,23)24)27-19(30-16)28-9-11-4-3-5-12(10-28)26-11/h6-8,11-12,26,29H,3-5,9-10H2,1-2H3. The van der Waals surface area contributed by atoms with Gasteiger partial charge in [-0.1, -0.05) is 6.42 Å². The van der Waals surface area contributed by atoms with Gasteiger partial charge in [-0.25, -0.2) is 4.98 Å². The van der Waals surface area contributed by atoms with Crippen molar-refractivity contribution in [2.45, 2.75) is 57.2 Å². The van der Waals surface area contributed by atoms with Crippen LogP contribution in [0.4, 0.5) is 19.2 Å². The zero-order chi connectivity index (χ0) is 22.7. The topological polar surface area (TPSA) is 83.7 Å². The van der Waals surface area contributed by atoms with E-state index in [9.17, 15) is 18.3 Å². The first-order valence-electron chi connectivity index (χ1n) is 10.5. The van der Waals surface area contributed by atoms with Gasteiger partial charge in [0.25, 0.3) is 6.01 Å². The molecule has 2 bridgehead atoms. The van der Waals surface area contributed by atoms with Crippen LogP contribution in [-0.4, -0.2) is 46.6 Å². The highest BCUT2D eigenvalue weighted by Gasteiger charge is 2.38. The number of benzene rings is 1. The first-order chi connectivity index (χ1) is 15.1. The predicted octanol–water partition coefficient (Wildman–Crippen LogP) is 4.41. The molecule has 2 aliphatic heterocycles. The lowest BCUT2D eigenvalue weighted by atomic mass is 9.94. The molecule has 0 aliphatic carbocycles. The Balaban J connectivity index is 1.70. The summed E-state index contributed by atoms with van der Waals surface area (Å²) < 4.78 is 50.5. The fourth-order valence-electron chi connectivity index (χ4n) is 4.53. The molecule has 11 heteroatoms. The van der Waals surface area contributed by atoms with Gasteiger partial charge in [0.15, 0.2) is 16.8 Å². The van der Waals surface area contributed by atoms with Crippen molar-refractivity contribution in [1.29, 1.82) is 0 Å². The molecule has 0 saturated carbocycles. The Hall–Kier alpha value is -2.37. The number of rotatable bonds is 4. The number of piperidine rings is 1. The van der Waals surface area contributed by atoms with E-state index in [0.29, 0.717) is 23.7 Å². The molecule has 2 unspecified atom stereocenters. The Kier molecular flexibility index (Phi) is 5.10. The fraction of sp³-hybridized carbons (Fsp3) is 0.524. The van der Waals surface area contributed by atoms with Gasteiger partial charge in [0.2, 0.25) is 0 Å². The monoisotopic (exact) mass is 468 g/mol. The number of alkyl halides is 3. The number of fused-ring (bicyclic) bond motifs is 3. The normalized spacial score (nSPS) is 21.9. The summed E-state index contributed by atoms with van der Waals surface area (Å²) in [6, 6.07) is 2.27. The van der Waals surface area contributed by atoms with Gasteiger partial charge in [0.1, 0.15) is 5.01 Å². The van der Waals surface area contributed by atoms with Crippen molar-refractivity contribution in [3.63, 3.8) is 0 Å². The van der Waals surface area contributed by atoms with E-state index in [1.165, 1.54) is 31.3 Å². The summed E-state index contributed by atoms with van der Waals surface area (Å²) >= 11 is 1.32. The third-order valence-electron chi connectivity index (χ3n) is 5.88. The maximum absolute atomic E-state index is 13.3. The lowest BCUT2D eigenvalue weighted by Crippen LogP contribution is -2.58. The Morgan fingerprint density at radius 1 is 1.25 bits per heavy atom. The Morgan fingerprint density at radius 2 is 1.97 bits per heavy atom. The number of oxazole rings is 1. The van der Waals surface area contributed by atoms with Crippen molar-refractivity contribution in [1.82, 2.24) is 15.3 Å². The molecule has 2 N–H and O–H groups in total. The summed E-state index contributed by atoms with van der Waals surface area (Å²) in [6.07, 6.45) is -0.145. The van der Waals surface area contributed by atoms with E-state index in [4.69, 9.17) is 4.42 Å². The number of aromatic nitrogens is 2. The highest BCUT2D eigenvalue weighted by Crippen LogP contribution is 2.45. The molecule has 0 spiro atoms. The molecule has 32 heavy (non-hydrogen) atoms. The van der Waals surface area contributed by atoms with Crippen LogP contribution in [0.2, 0.25) is 0 Å². The van der Waals surface area contributed by atoms with Crippen LogP contribution in [0.5, 0.6) is 5.75 Å². The molecule has 7 nitrogen and oxygen atoms in total. The van der Waals surface area contributed by atoms with Crippen LogP contribution in [0.15, 0.2) is 22.1 Å². The maximum Gasteiger partial charge on any atom is 0.573 e. The van der Waals surface area contributed by atoms with Crippen molar-refractivity contribution in [2.75, 3.05) is 18.0 Å². The third kappa shape index (κ3) is 4.04. The average Bonchev–Trinajstić information content (AvgIpc) is 3.36. The van der Waals surface area contributed by atoms with Crippen molar-refractivity contribution in [3.05, 3.63) is 23.2 Å². The van der Waals surface area contributed by atoms with Crippen molar-refractivity contribution in [3.8, 4) is 16.3 Å². The Bertz CT molecular complexity index is 1110. The molecular weight excluding hydrogens is 445 g/mol. The third-order valence-corrected chi connectivity index (χ3v) is 6.68. The second-order valence-corrected chi connectivity index (χ2v) is 9.71. The van der Waals surface area contributed by atoms with E-state index in [1.54, 1.807) is 11.6 Å². The smallest absolute Gasteiger partial charge is 0.422 e. The largest absolute Gasteiger partial charge is 0.573 e. The molecular formula is C21H23F3N4O3S. The van der Waals surface area contributed by atoms with Crippen LogP contribution in [0.25, 0.3) is 21.7 Å². The molecule has 0 radical (unpaired) electrons. The number of thiazole rings is 1. The van der Waals surface area contributed by atoms with Crippen LogP contribution in [0.1, 0.15) is 38.7 Å². The van der Waals surface area contributed by atoms with Gasteiger partial charge < -0.3 is 24.5 Å². The zero-order valence-corrected chi connectivity index (χ0v) is 18.4. The lowest BCUT2D eigenvalue weighted by molar-refractivity contribution is -0.274. The van der Waals surface area contributed by atoms with Crippen LogP contribution in [0.3, 0.4) is 0 Å². The zero-order valence-electron chi connectivity index (χ0n) is 17.6. The van der Waals surface area contributed by atoms with E-state index < -0.39 is 17.7 Å². The van der Waals surface area contributed by atoms with Crippen molar-refractivity contribution in [2.24, 2.45) is 0 Å². The first kappa shape index (κ1) is 21.5. The van der Waals surface area contributed by atoms with Crippen LogP contribution < -0.4 is 15.0 Å². The molecule has 4 heterocycles. The fourth-order valence-corrected chi connectivity index (χ4v) is 5.18. The Labute approximate surface area is 186 Å². The van der Waals surface area contributed by atoms with Gasteiger partial charge in [-0.15, -0.1) is 24.5 Å². The Morgan fingerprint density at radius 3 is 2.56 bits per heavy atom. The summed E-state index contributed by atoms with van der Waals surface area (Å²) in [5.74, 6) is -0.550. The second-order valence-electron chi connectivity index (χ2n) is 8.82. The van der Waals surface area contributed by atoms with Crippen molar-refractivity contribution >= 4 is 28.5 Å². The summed E-state index contributed by atoms with van der Waals surface area (Å²) in [5.41, 5.74) is -1.11. The van der Waals surface area contributed by atoms with E-state index in [0.717, 1.165) is 19.3 Å². The SMILES string of the molecule is CC(C)(O)c1cc(-c2nccs2)c2oc(N3CC4CCCC(C3)N4)nc2c1OC(F)(F)F. The summed E-state index contributed by atoms with van der Waals surface area (Å²) in [7, 11) is 0. The van der Waals surface area contributed by atoms with E-state index in [2.05, 4.69) is 20.0 Å². The molecule has 5 rings (SSSR count). The van der Waals surface area contributed by atoms with Crippen LogP contribution in [0, 0.1) is 0 Å². The highest BCUT2D eigenvalue weighted by molar-refractivity contribution is 7.13. The quantitative estimate of drug-likeness (QED) is 0.587. The molecule has 2 aliphatic rings. The van der Waals surface area contributed by atoms with Gasteiger partial charge in [-0.3, -0.25) is 0 Å². The van der Waals surface area contributed by atoms with Crippen molar-refractivity contribution < 1.29 is 27.4 Å². The molecule has 3 aromatic rings. The number of halogens is 3. The number of anilines is 1. The minimum atomic E-state index is -4.96. The van der Waals surface area contributed by atoms with Gasteiger partial charge in [-0.05, 0) is 32.8 Å². The number of nitrogens with zero attached hydrogens (tertiary/aromatic N) is 3. The maximum atomic E-state index is 13.3. The van der Waals surface area contributed by atoms with Crippen LogP contribution in [-0.2, 0) is 5.60 Å². The summed E-state index contributed by atoms with van der Waals surface area (Å²) in [5, 5.41) is 16.6. The second kappa shape index (κ2) is 7.60. The molecule has 0 amide bonds. The number of aliphatic hydroxyl groups is 1. The van der Waals surface area contributed by atoms with E-state index >= 15 is 0 Å². The number of piperazine rings is 1. The molecule has 2 fully saturated rings.